The summed E-state index contributed by atoms with van der Waals surface area (Å²) in [7, 11) is 3.66. The largest absolute Gasteiger partial charge is 0.466 e. The van der Waals surface area contributed by atoms with Crippen LogP contribution in [-0.4, -0.2) is 60.5 Å². The Kier molecular flexibility index (Phi) is 10.4. The first kappa shape index (κ1) is 19.1. The molecule has 0 fully saturated rings. The normalized spacial score (nSPS) is 11.8. The van der Waals surface area contributed by atoms with Crippen LogP contribution in [0, 0.1) is 0 Å². The second-order valence-electron chi connectivity index (χ2n) is 3.97. The number of esters is 2. The average Bonchev–Trinajstić information content (AvgIpc) is 2.36. The summed E-state index contributed by atoms with van der Waals surface area (Å²) in [4.78, 5) is 25.0. The van der Waals surface area contributed by atoms with Crippen LogP contribution in [0.2, 0.25) is 0 Å². The van der Waals surface area contributed by atoms with Gasteiger partial charge in [-0.15, -0.1) is 0 Å². The van der Waals surface area contributed by atoms with Crippen molar-refractivity contribution in [1.82, 2.24) is 4.90 Å². The van der Waals surface area contributed by atoms with Gasteiger partial charge in [0.15, 0.2) is 0 Å². The highest BCUT2D eigenvalue weighted by Crippen LogP contribution is 2.20. The summed E-state index contributed by atoms with van der Waals surface area (Å²) in [5.74, 6) is -0.963. The van der Waals surface area contributed by atoms with E-state index in [1.165, 1.54) is 0 Å². The van der Waals surface area contributed by atoms with E-state index in [1.54, 1.807) is 18.7 Å². The van der Waals surface area contributed by atoms with Gasteiger partial charge in [0.2, 0.25) is 4.38 Å². The fraction of sp³-hybridized carbons (Fsp3) is 0.750. The molecule has 0 N–H and O–H groups in total. The van der Waals surface area contributed by atoms with Gasteiger partial charge in [0, 0.05) is 0 Å². The number of nitrogens with zero attached hydrogens (tertiary/aromatic N) is 1. The average molecular weight is 323 g/mol. The van der Waals surface area contributed by atoms with Crippen LogP contribution in [-0.2, 0) is 23.8 Å². The van der Waals surface area contributed by atoms with E-state index in [2.05, 4.69) is 0 Å². The first-order valence-electron chi connectivity index (χ1n) is 6.21. The fourth-order valence-corrected chi connectivity index (χ4v) is 2.25. The van der Waals surface area contributed by atoms with Crippen LogP contribution in [0.4, 0.5) is 0 Å². The van der Waals surface area contributed by atoms with Crippen LogP contribution in [0.25, 0.3) is 0 Å². The van der Waals surface area contributed by atoms with Crippen molar-refractivity contribution in [2.75, 3.05) is 34.0 Å². The number of rotatable bonds is 8. The van der Waals surface area contributed by atoms with Crippen molar-refractivity contribution in [3.63, 3.8) is 0 Å². The van der Waals surface area contributed by atoms with E-state index in [4.69, 9.17) is 26.4 Å². The Morgan fingerprint density at radius 2 is 1.75 bits per heavy atom. The van der Waals surface area contributed by atoms with Gasteiger partial charge in [0.05, 0.1) is 19.6 Å². The fourth-order valence-electron chi connectivity index (χ4n) is 1.11. The highest BCUT2D eigenvalue weighted by Gasteiger charge is 2.27. The molecule has 0 radical (unpaired) electrons. The van der Waals surface area contributed by atoms with Gasteiger partial charge < -0.3 is 14.2 Å². The third-order valence-electron chi connectivity index (χ3n) is 1.89. The van der Waals surface area contributed by atoms with Crippen LogP contribution in [0.15, 0.2) is 0 Å². The summed E-state index contributed by atoms with van der Waals surface area (Å²) in [5, 5.41) is -0.747. The van der Waals surface area contributed by atoms with E-state index in [1.807, 2.05) is 14.1 Å². The Morgan fingerprint density at radius 1 is 1.15 bits per heavy atom. The third-order valence-corrected chi connectivity index (χ3v) is 3.25. The number of thioether (sulfide) groups is 1. The number of carbonyl (C=O) groups is 2. The van der Waals surface area contributed by atoms with Crippen molar-refractivity contribution in [1.29, 1.82) is 0 Å². The molecule has 0 aromatic rings. The lowest BCUT2D eigenvalue weighted by molar-refractivity contribution is -0.149. The topological polar surface area (TPSA) is 65.1 Å². The third kappa shape index (κ3) is 9.11. The Hall–Kier alpha value is -0.860. The lowest BCUT2D eigenvalue weighted by Crippen LogP contribution is -2.27. The second-order valence-corrected chi connectivity index (χ2v) is 5.78. The molecule has 0 bridgehead atoms. The predicted molar refractivity (Wildman–Crippen MR) is 81.5 cm³/mol. The molecule has 6 nitrogen and oxygen atoms in total. The maximum atomic E-state index is 11.8. The maximum Gasteiger partial charge on any atom is 0.320 e. The first-order valence-corrected chi connectivity index (χ1v) is 7.49. The van der Waals surface area contributed by atoms with Crippen molar-refractivity contribution in [3.8, 4) is 0 Å². The minimum absolute atomic E-state index is 0.0944. The predicted octanol–water partition coefficient (Wildman–Crippen LogP) is 1.43. The molecule has 0 spiro atoms. The first-order chi connectivity index (χ1) is 9.40. The molecular weight excluding hydrogens is 302 g/mol. The molecule has 0 aromatic carbocycles. The number of carbonyl (C=O) groups excluding carboxylic acids is 2. The molecule has 0 unspecified atom stereocenters. The summed E-state index contributed by atoms with van der Waals surface area (Å²) in [5.41, 5.74) is 0. The number of ether oxygens (including phenoxy) is 3. The van der Waals surface area contributed by atoms with Gasteiger partial charge in [0.1, 0.15) is 12.0 Å². The lowest BCUT2D eigenvalue weighted by atomic mass is 10.3. The molecule has 1 atom stereocenters. The van der Waals surface area contributed by atoms with Gasteiger partial charge in [0.25, 0.3) is 0 Å². The highest BCUT2D eigenvalue weighted by molar-refractivity contribution is 8.23. The van der Waals surface area contributed by atoms with E-state index in [-0.39, 0.29) is 24.0 Å². The van der Waals surface area contributed by atoms with Gasteiger partial charge in [-0.05, 0) is 40.2 Å². The summed E-state index contributed by atoms with van der Waals surface area (Å²) in [6.45, 7) is 4.21. The van der Waals surface area contributed by atoms with Crippen LogP contribution >= 0.6 is 24.0 Å². The van der Waals surface area contributed by atoms with Crippen molar-refractivity contribution in [2.24, 2.45) is 0 Å². The van der Waals surface area contributed by atoms with Crippen LogP contribution in [0.1, 0.15) is 20.3 Å². The number of hydrogen-bond donors (Lipinski definition) is 0. The smallest absolute Gasteiger partial charge is 0.320 e. The van der Waals surface area contributed by atoms with Crippen LogP contribution in [0.3, 0.4) is 0 Å². The van der Waals surface area contributed by atoms with Crippen molar-refractivity contribution >= 4 is 40.3 Å². The van der Waals surface area contributed by atoms with E-state index >= 15 is 0 Å². The zero-order valence-electron chi connectivity index (χ0n) is 12.2. The second kappa shape index (κ2) is 10.9. The molecular formula is C12H21NO5S2. The highest BCUT2D eigenvalue weighted by atomic mass is 32.2. The van der Waals surface area contributed by atoms with Gasteiger partial charge >= 0.3 is 11.9 Å². The SMILES string of the molecule is CCOC(=O)C[C@H](SC(=S)OCN(C)C)C(=O)OCC. The summed E-state index contributed by atoms with van der Waals surface area (Å²) in [6.07, 6.45) is -0.0944. The summed E-state index contributed by atoms with van der Waals surface area (Å²) in [6, 6.07) is 0. The molecule has 0 aliphatic carbocycles. The van der Waals surface area contributed by atoms with Gasteiger partial charge in [-0.25, -0.2) is 0 Å². The van der Waals surface area contributed by atoms with E-state index < -0.39 is 17.2 Å². The summed E-state index contributed by atoms with van der Waals surface area (Å²) >= 11 is 6.02. The maximum absolute atomic E-state index is 11.8. The van der Waals surface area contributed by atoms with E-state index in [0.29, 0.717) is 6.73 Å². The molecule has 0 heterocycles. The Labute approximate surface area is 129 Å². The zero-order valence-corrected chi connectivity index (χ0v) is 13.8. The van der Waals surface area contributed by atoms with Gasteiger partial charge in [-0.3, -0.25) is 14.5 Å². The van der Waals surface area contributed by atoms with Crippen molar-refractivity contribution < 1.29 is 23.8 Å². The minimum Gasteiger partial charge on any atom is -0.466 e. The van der Waals surface area contributed by atoms with Crippen molar-refractivity contribution in [2.45, 2.75) is 25.5 Å². The molecule has 0 rings (SSSR count). The molecule has 8 heteroatoms. The molecule has 0 aromatic heterocycles. The number of thiocarbonyl (C=S) groups is 1. The molecule has 0 aliphatic heterocycles. The quantitative estimate of drug-likeness (QED) is 0.377. The standard InChI is InChI=1S/C12H21NO5S2/c1-5-16-10(14)7-9(11(15)17-6-2)20-12(19)18-8-13(3)4/h9H,5-8H2,1-4H3/t9-/m0/s1. The van der Waals surface area contributed by atoms with Gasteiger partial charge in [-0.2, -0.15) is 0 Å². The molecule has 116 valence electrons. The molecule has 20 heavy (non-hydrogen) atoms. The Bertz CT molecular complexity index is 336. The van der Waals surface area contributed by atoms with Crippen LogP contribution < -0.4 is 0 Å². The molecule has 0 amide bonds. The number of hydrogen-bond acceptors (Lipinski definition) is 8. The van der Waals surface area contributed by atoms with E-state index in [0.717, 1.165) is 11.8 Å². The molecule has 0 saturated heterocycles. The van der Waals surface area contributed by atoms with Gasteiger partial charge in [-0.1, -0.05) is 11.8 Å². The van der Waals surface area contributed by atoms with E-state index in [9.17, 15) is 9.59 Å². The summed E-state index contributed by atoms with van der Waals surface area (Å²) < 4.78 is 15.2. The molecule has 0 saturated carbocycles. The van der Waals surface area contributed by atoms with Crippen LogP contribution in [0.5, 0.6) is 0 Å². The monoisotopic (exact) mass is 323 g/mol. The zero-order chi connectivity index (χ0) is 15.5. The van der Waals surface area contributed by atoms with Crippen molar-refractivity contribution in [3.05, 3.63) is 0 Å². The molecule has 0 aliphatic rings. The Morgan fingerprint density at radius 3 is 2.25 bits per heavy atom. The Balaban J connectivity index is 4.48. The minimum atomic E-state index is -0.747. The lowest BCUT2D eigenvalue weighted by Gasteiger charge is -2.16.